The van der Waals surface area contributed by atoms with Gasteiger partial charge in [0.25, 0.3) is 5.69 Å². The molecule has 19 heavy (non-hydrogen) atoms. The Kier molecular flexibility index (Phi) is 3.70. The van der Waals surface area contributed by atoms with Gasteiger partial charge in [-0.05, 0) is 18.6 Å². The lowest BCUT2D eigenvalue weighted by Crippen LogP contribution is -1.96. The third kappa shape index (κ3) is 2.67. The molecular weight excluding hydrogens is 246 g/mol. The summed E-state index contributed by atoms with van der Waals surface area (Å²) in [5.74, 6) is 0. The van der Waals surface area contributed by atoms with Crippen molar-refractivity contribution >= 4 is 12.0 Å². The van der Waals surface area contributed by atoms with Gasteiger partial charge in [0, 0.05) is 30.4 Å². The number of carbonyl (C=O) groups is 1. The first-order valence-corrected chi connectivity index (χ1v) is 5.93. The van der Waals surface area contributed by atoms with Crippen LogP contribution in [-0.2, 0) is 6.54 Å². The molecule has 0 fully saturated rings. The van der Waals surface area contributed by atoms with Crippen LogP contribution in [0.3, 0.4) is 0 Å². The van der Waals surface area contributed by atoms with Crippen LogP contribution in [0.4, 0.5) is 5.69 Å². The van der Waals surface area contributed by atoms with Crippen molar-refractivity contribution in [3.05, 3.63) is 46.1 Å². The van der Waals surface area contributed by atoms with Gasteiger partial charge in [-0.1, -0.05) is 6.92 Å². The molecule has 0 aliphatic rings. The summed E-state index contributed by atoms with van der Waals surface area (Å²) in [7, 11) is 0. The smallest absolute Gasteiger partial charge is 0.269 e. The maximum absolute atomic E-state index is 11.0. The number of nitro groups is 1. The van der Waals surface area contributed by atoms with E-state index in [1.54, 1.807) is 23.0 Å². The van der Waals surface area contributed by atoms with Crippen LogP contribution in [0.25, 0.3) is 11.3 Å². The van der Waals surface area contributed by atoms with Crippen LogP contribution in [0, 0.1) is 10.1 Å². The number of aryl methyl sites for hydroxylation is 1. The lowest BCUT2D eigenvalue weighted by molar-refractivity contribution is -0.384. The van der Waals surface area contributed by atoms with Crippen molar-refractivity contribution in [2.24, 2.45) is 0 Å². The minimum Gasteiger partial charge on any atom is -0.298 e. The second-order valence-corrected chi connectivity index (χ2v) is 4.12. The fourth-order valence-corrected chi connectivity index (χ4v) is 1.83. The number of hydrogen-bond donors (Lipinski definition) is 0. The summed E-state index contributed by atoms with van der Waals surface area (Å²) < 4.78 is 1.71. The molecule has 1 aromatic carbocycles. The van der Waals surface area contributed by atoms with Crippen LogP contribution in [0.15, 0.2) is 30.5 Å². The molecule has 0 unspecified atom stereocenters. The predicted molar refractivity (Wildman–Crippen MR) is 70.0 cm³/mol. The number of hydrogen-bond acceptors (Lipinski definition) is 4. The van der Waals surface area contributed by atoms with Crippen molar-refractivity contribution in [2.75, 3.05) is 0 Å². The second kappa shape index (κ2) is 5.43. The van der Waals surface area contributed by atoms with Crippen molar-refractivity contribution in [1.29, 1.82) is 0 Å². The highest BCUT2D eigenvalue weighted by atomic mass is 16.6. The Labute approximate surface area is 109 Å². The molecule has 0 aliphatic heterocycles. The highest BCUT2D eigenvalue weighted by Crippen LogP contribution is 2.23. The second-order valence-electron chi connectivity index (χ2n) is 4.12. The van der Waals surface area contributed by atoms with E-state index in [0.717, 1.165) is 19.3 Å². The summed E-state index contributed by atoms with van der Waals surface area (Å²) in [5.41, 5.74) is 1.76. The van der Waals surface area contributed by atoms with Gasteiger partial charge < -0.3 is 0 Å². The monoisotopic (exact) mass is 259 g/mol. The Balaban J connectivity index is 2.39. The quantitative estimate of drug-likeness (QED) is 0.470. The standard InChI is InChI=1S/C13H13N3O3/c1-2-7-15-8-11(9-17)13(14-15)10-3-5-12(6-4-10)16(18)19/h3-6,8-9H,2,7H2,1H3. The van der Waals surface area contributed by atoms with Crippen molar-refractivity contribution in [3.8, 4) is 11.3 Å². The van der Waals surface area contributed by atoms with Crippen LogP contribution in [-0.4, -0.2) is 21.0 Å². The first-order valence-electron chi connectivity index (χ1n) is 5.93. The van der Waals surface area contributed by atoms with E-state index in [9.17, 15) is 14.9 Å². The number of aromatic nitrogens is 2. The minimum atomic E-state index is -0.458. The predicted octanol–water partition coefficient (Wildman–Crippen LogP) is 2.68. The van der Waals surface area contributed by atoms with Gasteiger partial charge in [-0.2, -0.15) is 5.10 Å². The Hall–Kier alpha value is -2.50. The zero-order valence-corrected chi connectivity index (χ0v) is 10.4. The summed E-state index contributed by atoms with van der Waals surface area (Å²) in [6.07, 6.45) is 3.35. The molecular formula is C13H13N3O3. The lowest BCUT2D eigenvalue weighted by Gasteiger charge is -1.98. The highest BCUT2D eigenvalue weighted by molar-refractivity contribution is 5.85. The van der Waals surface area contributed by atoms with E-state index in [1.807, 2.05) is 6.92 Å². The molecule has 1 heterocycles. The van der Waals surface area contributed by atoms with Gasteiger partial charge >= 0.3 is 0 Å². The van der Waals surface area contributed by atoms with Crippen LogP contribution in [0.5, 0.6) is 0 Å². The fraction of sp³-hybridized carbons (Fsp3) is 0.231. The average Bonchev–Trinajstić information content (AvgIpc) is 2.82. The number of benzene rings is 1. The zero-order valence-electron chi connectivity index (χ0n) is 10.4. The zero-order chi connectivity index (χ0) is 13.8. The topological polar surface area (TPSA) is 78.0 Å². The molecule has 6 nitrogen and oxygen atoms in total. The molecule has 98 valence electrons. The van der Waals surface area contributed by atoms with Gasteiger partial charge in [0.2, 0.25) is 0 Å². The maximum Gasteiger partial charge on any atom is 0.269 e. The number of nitrogens with zero attached hydrogens (tertiary/aromatic N) is 3. The first kappa shape index (κ1) is 12.9. The number of carbonyl (C=O) groups excluding carboxylic acids is 1. The third-order valence-electron chi connectivity index (χ3n) is 2.72. The van der Waals surface area contributed by atoms with Crippen molar-refractivity contribution in [2.45, 2.75) is 19.9 Å². The number of nitro benzene ring substituents is 1. The van der Waals surface area contributed by atoms with E-state index < -0.39 is 4.92 Å². The maximum atomic E-state index is 11.0. The molecule has 0 saturated heterocycles. The highest BCUT2D eigenvalue weighted by Gasteiger charge is 2.12. The van der Waals surface area contributed by atoms with Gasteiger partial charge in [0.15, 0.2) is 6.29 Å². The Morgan fingerprint density at radius 2 is 2.05 bits per heavy atom. The van der Waals surface area contributed by atoms with Crippen LogP contribution in [0.1, 0.15) is 23.7 Å². The Morgan fingerprint density at radius 1 is 1.37 bits per heavy atom. The number of non-ortho nitro benzene ring substituents is 1. The van der Waals surface area contributed by atoms with E-state index in [2.05, 4.69) is 5.10 Å². The first-order chi connectivity index (χ1) is 9.15. The molecule has 0 radical (unpaired) electrons. The molecule has 2 aromatic rings. The lowest BCUT2D eigenvalue weighted by atomic mass is 10.1. The van der Waals surface area contributed by atoms with Crippen LogP contribution in [0.2, 0.25) is 0 Å². The van der Waals surface area contributed by atoms with Crippen molar-refractivity contribution in [3.63, 3.8) is 0 Å². The summed E-state index contributed by atoms with van der Waals surface area (Å²) in [5, 5.41) is 14.9. The summed E-state index contributed by atoms with van der Waals surface area (Å²) in [6, 6.07) is 6.01. The van der Waals surface area contributed by atoms with Gasteiger partial charge in [0.1, 0.15) is 5.69 Å². The molecule has 0 spiro atoms. The number of aldehydes is 1. The molecule has 0 aliphatic carbocycles. The molecule has 0 amide bonds. The third-order valence-corrected chi connectivity index (χ3v) is 2.72. The van der Waals surface area contributed by atoms with Crippen molar-refractivity contribution < 1.29 is 9.72 Å². The summed E-state index contributed by atoms with van der Waals surface area (Å²) in [4.78, 5) is 21.2. The molecule has 0 atom stereocenters. The largest absolute Gasteiger partial charge is 0.298 e. The molecule has 0 saturated carbocycles. The molecule has 1 aromatic heterocycles. The van der Waals surface area contributed by atoms with Gasteiger partial charge in [0.05, 0.1) is 10.5 Å². The van der Waals surface area contributed by atoms with E-state index in [4.69, 9.17) is 0 Å². The molecule has 0 N–H and O–H groups in total. The van der Waals surface area contributed by atoms with Gasteiger partial charge in [-0.25, -0.2) is 0 Å². The Morgan fingerprint density at radius 3 is 2.58 bits per heavy atom. The van der Waals surface area contributed by atoms with Crippen LogP contribution >= 0.6 is 0 Å². The SMILES string of the molecule is CCCn1cc(C=O)c(-c2ccc([N+](=O)[O-])cc2)n1. The Bertz CT molecular complexity index is 602. The molecule has 0 bridgehead atoms. The number of rotatable bonds is 5. The van der Waals surface area contributed by atoms with Crippen molar-refractivity contribution in [1.82, 2.24) is 9.78 Å². The van der Waals surface area contributed by atoms with E-state index in [0.29, 0.717) is 16.8 Å². The minimum absolute atomic E-state index is 0.0180. The summed E-state index contributed by atoms with van der Waals surface area (Å²) >= 11 is 0. The van der Waals surface area contributed by atoms with E-state index in [1.165, 1.54) is 12.1 Å². The molecule has 2 rings (SSSR count). The van der Waals surface area contributed by atoms with Crippen LogP contribution < -0.4 is 0 Å². The fourth-order valence-electron chi connectivity index (χ4n) is 1.83. The average molecular weight is 259 g/mol. The van der Waals surface area contributed by atoms with E-state index in [-0.39, 0.29) is 5.69 Å². The van der Waals surface area contributed by atoms with E-state index >= 15 is 0 Å². The summed E-state index contributed by atoms with van der Waals surface area (Å²) in [6.45, 7) is 2.75. The normalized spacial score (nSPS) is 10.4. The van der Waals surface area contributed by atoms with Gasteiger partial charge in [-0.15, -0.1) is 0 Å². The molecule has 6 heteroatoms. The van der Waals surface area contributed by atoms with Gasteiger partial charge in [-0.3, -0.25) is 19.6 Å².